The first-order chi connectivity index (χ1) is 12.5. The van der Waals surface area contributed by atoms with Gasteiger partial charge in [0.2, 0.25) is 5.28 Å². The fourth-order valence-corrected chi connectivity index (χ4v) is 5.19. The third-order valence-electron chi connectivity index (χ3n) is 5.55. The summed E-state index contributed by atoms with van der Waals surface area (Å²) in [6.07, 6.45) is 3.69. The van der Waals surface area contributed by atoms with Gasteiger partial charge in [0.15, 0.2) is 0 Å². The Balaban J connectivity index is 1.98. The normalized spacial score (nSPS) is 17.9. The van der Waals surface area contributed by atoms with E-state index in [0.29, 0.717) is 11.3 Å². The van der Waals surface area contributed by atoms with Gasteiger partial charge in [0.1, 0.15) is 10.6 Å². The number of anilines is 1. The van der Waals surface area contributed by atoms with Crippen LogP contribution in [0.2, 0.25) is 5.28 Å². The van der Waals surface area contributed by atoms with E-state index in [1.165, 1.54) is 46.4 Å². The highest BCUT2D eigenvalue weighted by Gasteiger charge is 2.26. The Bertz CT molecular complexity index is 979. The van der Waals surface area contributed by atoms with Crippen molar-refractivity contribution in [1.29, 1.82) is 0 Å². The van der Waals surface area contributed by atoms with Crippen LogP contribution in [0.5, 0.6) is 0 Å². The van der Waals surface area contributed by atoms with Crippen LogP contribution in [-0.2, 0) is 0 Å². The maximum Gasteiger partial charge on any atom is 0.225 e. The van der Waals surface area contributed by atoms with Gasteiger partial charge in [0.05, 0.1) is 5.39 Å². The highest BCUT2D eigenvalue weighted by molar-refractivity contribution is 7.19. The number of fused-ring (bicyclic) bond motifs is 1. The van der Waals surface area contributed by atoms with Crippen molar-refractivity contribution in [3.63, 3.8) is 0 Å². The van der Waals surface area contributed by atoms with Gasteiger partial charge in [-0.1, -0.05) is 18.2 Å². The number of halogens is 1. The summed E-state index contributed by atoms with van der Waals surface area (Å²) in [5.41, 5.74) is 5.13. The second-order valence-electron chi connectivity index (χ2n) is 7.37. The molecule has 1 saturated heterocycles. The summed E-state index contributed by atoms with van der Waals surface area (Å²) in [6, 6.07) is 7.18. The third kappa shape index (κ3) is 2.99. The van der Waals surface area contributed by atoms with Gasteiger partial charge in [-0.15, -0.1) is 11.3 Å². The zero-order valence-electron chi connectivity index (χ0n) is 15.8. The molecule has 5 heteroatoms. The van der Waals surface area contributed by atoms with Crippen LogP contribution in [0.15, 0.2) is 18.2 Å². The van der Waals surface area contributed by atoms with Gasteiger partial charge < -0.3 is 4.90 Å². The zero-order chi connectivity index (χ0) is 18.4. The molecule has 1 atom stereocenters. The third-order valence-corrected chi connectivity index (χ3v) is 6.72. The van der Waals surface area contributed by atoms with E-state index in [1.54, 1.807) is 11.3 Å². The lowest BCUT2D eigenvalue weighted by atomic mass is 9.98. The first-order valence-corrected chi connectivity index (χ1v) is 10.5. The topological polar surface area (TPSA) is 29.0 Å². The first-order valence-electron chi connectivity index (χ1n) is 9.26. The lowest BCUT2D eigenvalue weighted by molar-refractivity contribution is 0.482. The Morgan fingerprint density at radius 1 is 1.12 bits per heavy atom. The quantitative estimate of drug-likeness (QED) is 0.483. The van der Waals surface area contributed by atoms with Crippen molar-refractivity contribution < 1.29 is 0 Å². The fourth-order valence-electron chi connectivity index (χ4n) is 3.93. The van der Waals surface area contributed by atoms with E-state index in [-0.39, 0.29) is 0 Å². The molecule has 0 amide bonds. The molecule has 3 aromatic rings. The monoisotopic (exact) mass is 385 g/mol. The number of rotatable bonds is 2. The molecular formula is C21H24ClN3S. The molecule has 2 aromatic heterocycles. The smallest absolute Gasteiger partial charge is 0.225 e. The average molecular weight is 386 g/mol. The molecule has 1 aliphatic heterocycles. The summed E-state index contributed by atoms with van der Waals surface area (Å²) in [4.78, 5) is 13.9. The molecule has 1 aromatic carbocycles. The van der Waals surface area contributed by atoms with E-state index in [2.05, 4.69) is 55.8 Å². The van der Waals surface area contributed by atoms with E-state index in [9.17, 15) is 0 Å². The van der Waals surface area contributed by atoms with Gasteiger partial charge >= 0.3 is 0 Å². The molecule has 1 aliphatic rings. The Hall–Kier alpha value is -1.65. The molecule has 136 valence electrons. The second-order valence-corrected chi connectivity index (χ2v) is 8.91. The molecule has 0 radical (unpaired) electrons. The number of aryl methyl sites for hydroxylation is 3. The highest BCUT2D eigenvalue weighted by atomic mass is 35.5. The van der Waals surface area contributed by atoms with Crippen LogP contribution < -0.4 is 4.90 Å². The average Bonchev–Trinajstić information content (AvgIpc) is 2.93. The largest absolute Gasteiger partial charge is 0.353 e. The van der Waals surface area contributed by atoms with Gasteiger partial charge in [0.25, 0.3) is 0 Å². The van der Waals surface area contributed by atoms with E-state index in [4.69, 9.17) is 16.6 Å². The molecule has 0 aliphatic carbocycles. The minimum absolute atomic E-state index is 0.346. The van der Waals surface area contributed by atoms with Gasteiger partial charge in [-0.25, -0.2) is 4.98 Å². The van der Waals surface area contributed by atoms with Crippen LogP contribution in [0.4, 0.5) is 5.82 Å². The van der Waals surface area contributed by atoms with Crippen molar-refractivity contribution in [3.05, 3.63) is 39.5 Å². The molecule has 0 saturated carbocycles. The number of aromatic nitrogens is 2. The van der Waals surface area contributed by atoms with Crippen LogP contribution in [-0.4, -0.2) is 22.6 Å². The SMILES string of the molecule is Cc1ccc(-c2c(C)sc3nc(Cl)nc(N4CCCCC4C)c23)cc1C. The van der Waals surface area contributed by atoms with Crippen LogP contribution >= 0.6 is 22.9 Å². The van der Waals surface area contributed by atoms with Crippen molar-refractivity contribution in [2.75, 3.05) is 11.4 Å². The summed E-state index contributed by atoms with van der Waals surface area (Å²) in [6.45, 7) is 9.82. The van der Waals surface area contributed by atoms with Crippen molar-refractivity contribution in [3.8, 4) is 11.1 Å². The molecule has 4 rings (SSSR count). The van der Waals surface area contributed by atoms with Crippen LogP contribution in [0.25, 0.3) is 21.3 Å². The second kappa shape index (κ2) is 6.82. The van der Waals surface area contributed by atoms with Crippen molar-refractivity contribution in [2.45, 2.75) is 53.0 Å². The molecule has 0 spiro atoms. The molecule has 1 unspecified atom stereocenters. The Kier molecular flexibility index (Phi) is 4.66. The summed E-state index contributed by atoms with van der Waals surface area (Å²) in [5, 5.41) is 1.51. The maximum absolute atomic E-state index is 6.30. The maximum atomic E-state index is 6.30. The van der Waals surface area contributed by atoms with Gasteiger partial charge in [-0.05, 0) is 75.2 Å². The van der Waals surface area contributed by atoms with Gasteiger partial charge in [0, 0.05) is 23.0 Å². The van der Waals surface area contributed by atoms with Crippen LogP contribution in [0.3, 0.4) is 0 Å². The minimum atomic E-state index is 0.346. The molecule has 3 heterocycles. The number of nitrogens with zero attached hydrogens (tertiary/aromatic N) is 3. The Labute approximate surface area is 164 Å². The lowest BCUT2D eigenvalue weighted by Gasteiger charge is -2.35. The Morgan fingerprint density at radius 2 is 1.92 bits per heavy atom. The first kappa shape index (κ1) is 17.7. The van der Waals surface area contributed by atoms with Gasteiger partial charge in [-0.2, -0.15) is 4.98 Å². The standard InChI is InChI=1S/C21H24ClN3S/c1-12-8-9-16(11-13(12)2)17-15(4)26-20-18(17)19(23-21(22)24-20)25-10-6-5-7-14(25)3/h8-9,11,14H,5-7,10H2,1-4H3. The van der Waals surface area contributed by atoms with Crippen LogP contribution in [0.1, 0.15) is 42.2 Å². The van der Waals surface area contributed by atoms with Gasteiger partial charge in [-0.3, -0.25) is 0 Å². The van der Waals surface area contributed by atoms with E-state index >= 15 is 0 Å². The highest BCUT2D eigenvalue weighted by Crippen LogP contribution is 2.43. The molecule has 0 N–H and O–H groups in total. The fraction of sp³-hybridized carbons (Fsp3) is 0.429. The van der Waals surface area contributed by atoms with E-state index in [0.717, 1.165) is 22.6 Å². The summed E-state index contributed by atoms with van der Waals surface area (Å²) in [5.74, 6) is 1.00. The van der Waals surface area contributed by atoms with Crippen molar-refractivity contribution >= 4 is 39.0 Å². The van der Waals surface area contributed by atoms with Crippen molar-refractivity contribution in [2.24, 2.45) is 0 Å². The van der Waals surface area contributed by atoms with E-state index in [1.807, 2.05) is 0 Å². The zero-order valence-corrected chi connectivity index (χ0v) is 17.3. The number of hydrogen-bond acceptors (Lipinski definition) is 4. The molecule has 1 fully saturated rings. The van der Waals surface area contributed by atoms with E-state index < -0.39 is 0 Å². The Morgan fingerprint density at radius 3 is 2.65 bits per heavy atom. The predicted molar refractivity (Wildman–Crippen MR) is 113 cm³/mol. The van der Waals surface area contributed by atoms with Crippen molar-refractivity contribution in [1.82, 2.24) is 9.97 Å². The predicted octanol–water partition coefficient (Wildman–Crippen LogP) is 6.32. The number of piperidine rings is 1. The minimum Gasteiger partial charge on any atom is -0.353 e. The lowest BCUT2D eigenvalue weighted by Crippen LogP contribution is -2.38. The molecule has 26 heavy (non-hydrogen) atoms. The molecular weight excluding hydrogens is 362 g/mol. The summed E-state index contributed by atoms with van der Waals surface area (Å²) in [7, 11) is 0. The molecule has 3 nitrogen and oxygen atoms in total. The number of thiophene rings is 1. The number of hydrogen-bond donors (Lipinski definition) is 0. The van der Waals surface area contributed by atoms with Crippen LogP contribution in [0, 0.1) is 20.8 Å². The molecule has 0 bridgehead atoms. The number of benzene rings is 1. The summed E-state index contributed by atoms with van der Waals surface area (Å²) < 4.78 is 0. The summed E-state index contributed by atoms with van der Waals surface area (Å²) >= 11 is 8.02.